The Morgan fingerprint density at radius 2 is 1.76 bits per heavy atom. The zero-order valence-corrected chi connectivity index (χ0v) is 13.3. The minimum atomic E-state index is 1.02. The molecule has 0 aliphatic carbocycles. The molecule has 0 bridgehead atoms. The Kier molecular flexibility index (Phi) is 6.32. The summed E-state index contributed by atoms with van der Waals surface area (Å²) in [6.45, 7) is 6.52. The van der Waals surface area contributed by atoms with E-state index < -0.39 is 0 Å². The second-order valence-electron chi connectivity index (χ2n) is 5.47. The summed E-state index contributed by atoms with van der Waals surface area (Å²) in [6.07, 6.45) is 8.11. The highest BCUT2D eigenvalue weighted by Crippen LogP contribution is 2.23. The van der Waals surface area contributed by atoms with Gasteiger partial charge in [-0.3, -0.25) is 0 Å². The normalized spacial score (nSPS) is 10.8. The molecule has 114 valence electrons. The lowest BCUT2D eigenvalue weighted by atomic mass is 10.2. The largest absolute Gasteiger partial charge is 0.370 e. The average Bonchev–Trinajstić information content (AvgIpc) is 2.93. The number of hydrogen-bond donors (Lipinski definition) is 1. The molecule has 0 aliphatic rings. The third-order valence-electron chi connectivity index (χ3n) is 3.71. The molecule has 0 saturated heterocycles. The van der Waals surface area contributed by atoms with Crippen LogP contribution < -0.4 is 5.32 Å². The van der Waals surface area contributed by atoms with Crippen molar-refractivity contribution in [2.75, 3.05) is 11.9 Å². The van der Waals surface area contributed by atoms with Crippen molar-refractivity contribution >= 4 is 5.82 Å². The van der Waals surface area contributed by atoms with Crippen LogP contribution in [0.2, 0.25) is 0 Å². The number of benzene rings is 1. The van der Waals surface area contributed by atoms with Crippen LogP contribution >= 0.6 is 0 Å². The van der Waals surface area contributed by atoms with E-state index in [1.54, 1.807) is 0 Å². The van der Waals surface area contributed by atoms with E-state index in [0.717, 1.165) is 24.7 Å². The summed E-state index contributed by atoms with van der Waals surface area (Å²) < 4.78 is 2.32. The summed E-state index contributed by atoms with van der Waals surface area (Å²) in [6, 6.07) is 10.5. The van der Waals surface area contributed by atoms with Crippen LogP contribution in [0.5, 0.6) is 0 Å². The Bertz CT molecular complexity index is 517. The van der Waals surface area contributed by atoms with Crippen LogP contribution in [-0.2, 0) is 6.54 Å². The van der Waals surface area contributed by atoms with Gasteiger partial charge in [-0.25, -0.2) is 4.98 Å². The van der Waals surface area contributed by atoms with Gasteiger partial charge in [0.05, 0.1) is 6.20 Å². The third-order valence-corrected chi connectivity index (χ3v) is 3.71. The van der Waals surface area contributed by atoms with E-state index in [1.807, 2.05) is 12.3 Å². The summed E-state index contributed by atoms with van der Waals surface area (Å²) in [5.74, 6) is 2.22. The Balaban J connectivity index is 2.15. The highest BCUT2D eigenvalue weighted by molar-refractivity contribution is 5.59. The first-order valence-corrected chi connectivity index (χ1v) is 8.21. The predicted molar refractivity (Wildman–Crippen MR) is 90.6 cm³/mol. The van der Waals surface area contributed by atoms with E-state index in [9.17, 15) is 0 Å². The Morgan fingerprint density at radius 1 is 1.00 bits per heavy atom. The fourth-order valence-electron chi connectivity index (χ4n) is 2.47. The van der Waals surface area contributed by atoms with E-state index in [-0.39, 0.29) is 0 Å². The van der Waals surface area contributed by atoms with Gasteiger partial charge in [-0.1, -0.05) is 63.4 Å². The van der Waals surface area contributed by atoms with Crippen molar-refractivity contribution in [2.24, 2.45) is 0 Å². The molecule has 1 heterocycles. The van der Waals surface area contributed by atoms with Gasteiger partial charge in [-0.15, -0.1) is 0 Å². The maximum Gasteiger partial charge on any atom is 0.141 e. The van der Waals surface area contributed by atoms with Gasteiger partial charge in [-0.2, -0.15) is 0 Å². The minimum Gasteiger partial charge on any atom is -0.370 e. The van der Waals surface area contributed by atoms with E-state index >= 15 is 0 Å². The molecule has 1 N–H and O–H groups in total. The molecule has 0 fully saturated rings. The van der Waals surface area contributed by atoms with Crippen LogP contribution in [0.15, 0.2) is 36.5 Å². The topological polar surface area (TPSA) is 29.9 Å². The number of aromatic nitrogens is 2. The molecule has 0 amide bonds. The second-order valence-corrected chi connectivity index (χ2v) is 5.47. The molecule has 21 heavy (non-hydrogen) atoms. The summed E-state index contributed by atoms with van der Waals surface area (Å²) >= 11 is 0. The number of hydrogen-bond acceptors (Lipinski definition) is 2. The number of unbranched alkanes of at least 4 members (excludes halogenated alkanes) is 3. The highest BCUT2D eigenvalue weighted by atomic mass is 15.2. The Hall–Kier alpha value is -1.77. The number of nitrogens with one attached hydrogen (secondary N) is 1. The lowest BCUT2D eigenvalue weighted by Gasteiger charge is -2.13. The molecular formula is C18H27N3. The number of anilines is 1. The van der Waals surface area contributed by atoms with Crippen LogP contribution in [0.3, 0.4) is 0 Å². The second kappa shape index (κ2) is 8.50. The van der Waals surface area contributed by atoms with Crippen LogP contribution in [-0.4, -0.2) is 16.1 Å². The summed E-state index contributed by atoms with van der Waals surface area (Å²) in [5, 5.41) is 3.55. The maximum atomic E-state index is 4.64. The highest BCUT2D eigenvalue weighted by Gasteiger charge is 2.10. The molecule has 0 aliphatic heterocycles. The Morgan fingerprint density at radius 3 is 2.48 bits per heavy atom. The molecule has 3 nitrogen and oxygen atoms in total. The van der Waals surface area contributed by atoms with Gasteiger partial charge in [0.1, 0.15) is 11.6 Å². The molecule has 0 spiro atoms. The summed E-state index contributed by atoms with van der Waals surface area (Å²) in [4.78, 5) is 4.64. The SMILES string of the molecule is CCCCCNc1cnc(-c2ccccc2)n1CCCC. The van der Waals surface area contributed by atoms with E-state index in [4.69, 9.17) is 0 Å². The molecule has 2 rings (SSSR count). The molecule has 0 saturated carbocycles. The maximum absolute atomic E-state index is 4.64. The third kappa shape index (κ3) is 4.35. The molecule has 2 aromatic rings. The summed E-state index contributed by atoms with van der Waals surface area (Å²) in [7, 11) is 0. The van der Waals surface area contributed by atoms with Gasteiger partial charge in [0.15, 0.2) is 0 Å². The lowest BCUT2D eigenvalue weighted by molar-refractivity contribution is 0.637. The first-order valence-electron chi connectivity index (χ1n) is 8.21. The van der Waals surface area contributed by atoms with Crippen LogP contribution in [0, 0.1) is 0 Å². The van der Waals surface area contributed by atoms with Crippen molar-refractivity contribution in [3.8, 4) is 11.4 Å². The van der Waals surface area contributed by atoms with Crippen molar-refractivity contribution in [1.29, 1.82) is 0 Å². The molecular weight excluding hydrogens is 258 g/mol. The summed E-state index contributed by atoms with van der Waals surface area (Å²) in [5.41, 5.74) is 1.19. The van der Waals surface area contributed by atoms with Crippen molar-refractivity contribution in [1.82, 2.24) is 9.55 Å². The van der Waals surface area contributed by atoms with Crippen molar-refractivity contribution in [3.63, 3.8) is 0 Å². The monoisotopic (exact) mass is 285 g/mol. The first-order chi connectivity index (χ1) is 10.4. The molecule has 0 atom stereocenters. The standard InChI is InChI=1S/C18H27N3/c1-3-5-10-13-19-17-15-20-18(21(17)14-6-4-2)16-11-8-7-9-12-16/h7-9,11-12,15,19H,3-6,10,13-14H2,1-2H3. The lowest BCUT2D eigenvalue weighted by Crippen LogP contribution is -2.09. The predicted octanol–water partition coefficient (Wildman–Crippen LogP) is 4.95. The molecule has 3 heteroatoms. The Labute approximate surface area is 128 Å². The quantitative estimate of drug-likeness (QED) is 0.660. The molecule has 1 aromatic carbocycles. The fraction of sp³-hybridized carbons (Fsp3) is 0.500. The van der Waals surface area contributed by atoms with E-state index in [0.29, 0.717) is 0 Å². The smallest absolute Gasteiger partial charge is 0.141 e. The van der Waals surface area contributed by atoms with Gasteiger partial charge >= 0.3 is 0 Å². The molecule has 1 aromatic heterocycles. The van der Waals surface area contributed by atoms with Gasteiger partial charge in [0.25, 0.3) is 0 Å². The number of imidazole rings is 1. The van der Waals surface area contributed by atoms with E-state index in [1.165, 1.54) is 37.7 Å². The van der Waals surface area contributed by atoms with E-state index in [2.05, 4.69) is 53.0 Å². The van der Waals surface area contributed by atoms with Crippen LogP contribution in [0.1, 0.15) is 46.0 Å². The van der Waals surface area contributed by atoms with Gasteiger partial charge in [0.2, 0.25) is 0 Å². The van der Waals surface area contributed by atoms with Gasteiger partial charge in [0, 0.05) is 18.7 Å². The van der Waals surface area contributed by atoms with Crippen molar-refractivity contribution in [2.45, 2.75) is 52.5 Å². The van der Waals surface area contributed by atoms with Gasteiger partial charge < -0.3 is 9.88 Å². The zero-order chi connectivity index (χ0) is 14.9. The number of nitrogens with zero attached hydrogens (tertiary/aromatic N) is 2. The van der Waals surface area contributed by atoms with Crippen LogP contribution in [0.4, 0.5) is 5.82 Å². The van der Waals surface area contributed by atoms with Crippen molar-refractivity contribution in [3.05, 3.63) is 36.5 Å². The minimum absolute atomic E-state index is 1.02. The first kappa shape index (κ1) is 15.6. The molecule has 0 radical (unpaired) electrons. The number of rotatable bonds is 9. The van der Waals surface area contributed by atoms with Gasteiger partial charge in [-0.05, 0) is 12.8 Å². The van der Waals surface area contributed by atoms with Crippen LogP contribution in [0.25, 0.3) is 11.4 Å². The van der Waals surface area contributed by atoms with Crippen molar-refractivity contribution < 1.29 is 0 Å². The molecule has 0 unspecified atom stereocenters. The fourth-order valence-corrected chi connectivity index (χ4v) is 2.47. The zero-order valence-electron chi connectivity index (χ0n) is 13.3. The average molecular weight is 285 g/mol.